The monoisotopic (exact) mass is 380 g/mol. The van der Waals surface area contributed by atoms with E-state index in [9.17, 15) is 13.2 Å². The second-order valence-corrected chi connectivity index (χ2v) is 9.20. The van der Waals surface area contributed by atoms with Crippen LogP contribution in [0.4, 0.5) is 0 Å². The van der Waals surface area contributed by atoms with Gasteiger partial charge in [0, 0.05) is 32.1 Å². The van der Waals surface area contributed by atoms with E-state index >= 15 is 0 Å². The molecule has 7 heteroatoms. The molecule has 26 heavy (non-hydrogen) atoms. The zero-order valence-corrected chi connectivity index (χ0v) is 16.6. The average molecular weight is 381 g/mol. The van der Waals surface area contributed by atoms with Gasteiger partial charge in [0.1, 0.15) is 10.6 Å². The van der Waals surface area contributed by atoms with E-state index in [2.05, 4.69) is 0 Å². The first-order valence-corrected chi connectivity index (χ1v) is 10.7. The van der Waals surface area contributed by atoms with Crippen LogP contribution in [0.3, 0.4) is 0 Å². The highest BCUT2D eigenvalue weighted by Crippen LogP contribution is 2.31. The number of nitrogens with zero attached hydrogens (tertiary/aromatic N) is 2. The molecule has 2 fully saturated rings. The van der Waals surface area contributed by atoms with Crippen molar-refractivity contribution in [2.45, 2.75) is 44.4 Å². The summed E-state index contributed by atoms with van der Waals surface area (Å²) < 4.78 is 33.0. The van der Waals surface area contributed by atoms with Crippen molar-refractivity contribution in [1.29, 1.82) is 0 Å². The number of hydrogen-bond acceptors (Lipinski definition) is 4. The molecule has 0 bridgehead atoms. The number of methoxy groups -OCH3 is 1. The fourth-order valence-corrected chi connectivity index (χ4v) is 5.49. The second-order valence-electron chi connectivity index (χ2n) is 7.30. The fourth-order valence-electron chi connectivity index (χ4n) is 3.84. The highest BCUT2D eigenvalue weighted by atomic mass is 32.2. The molecule has 1 saturated carbocycles. The first kappa shape index (κ1) is 19.2. The Morgan fingerprint density at radius 3 is 2.19 bits per heavy atom. The van der Waals surface area contributed by atoms with E-state index in [-0.39, 0.29) is 16.7 Å². The van der Waals surface area contributed by atoms with Gasteiger partial charge in [-0.2, -0.15) is 4.31 Å². The van der Waals surface area contributed by atoms with Gasteiger partial charge in [0.25, 0.3) is 0 Å². The molecule has 1 saturated heterocycles. The summed E-state index contributed by atoms with van der Waals surface area (Å²) in [7, 11) is -2.15. The Balaban J connectivity index is 1.74. The maximum Gasteiger partial charge on any atom is 0.246 e. The van der Waals surface area contributed by atoms with Gasteiger partial charge >= 0.3 is 0 Å². The Morgan fingerprint density at radius 2 is 1.62 bits per heavy atom. The molecule has 144 valence electrons. The number of hydrogen-bond donors (Lipinski definition) is 0. The van der Waals surface area contributed by atoms with Crippen molar-refractivity contribution in [2.75, 3.05) is 33.3 Å². The van der Waals surface area contributed by atoms with E-state index in [1.54, 1.807) is 12.1 Å². The molecule has 1 aromatic carbocycles. The maximum absolute atomic E-state index is 13.1. The summed E-state index contributed by atoms with van der Waals surface area (Å²) in [6.45, 7) is 5.41. The molecule has 0 atom stereocenters. The van der Waals surface area contributed by atoms with Gasteiger partial charge in [0.15, 0.2) is 0 Å². The van der Waals surface area contributed by atoms with Gasteiger partial charge in [-0.05, 0) is 49.9 Å². The van der Waals surface area contributed by atoms with Gasteiger partial charge in [-0.25, -0.2) is 8.42 Å². The Morgan fingerprint density at radius 1 is 1.04 bits per heavy atom. The molecule has 1 aliphatic carbocycles. The lowest BCUT2D eigenvalue weighted by atomic mass is 10.1. The van der Waals surface area contributed by atoms with Gasteiger partial charge in [-0.15, -0.1) is 0 Å². The van der Waals surface area contributed by atoms with E-state index in [0.29, 0.717) is 31.9 Å². The normalized spacial score (nSPS) is 19.7. The highest BCUT2D eigenvalue weighted by Gasteiger charge is 2.34. The lowest BCUT2D eigenvalue weighted by Gasteiger charge is -2.35. The van der Waals surface area contributed by atoms with E-state index < -0.39 is 10.0 Å². The Bertz CT molecular complexity index is 777. The molecule has 0 unspecified atom stereocenters. The Hall–Kier alpha value is -1.60. The van der Waals surface area contributed by atoms with Crippen molar-refractivity contribution < 1.29 is 17.9 Å². The number of rotatable bonds is 4. The number of carbonyl (C=O) groups excluding carboxylic acids is 1. The first-order valence-electron chi connectivity index (χ1n) is 9.28. The van der Waals surface area contributed by atoms with E-state index in [0.717, 1.165) is 36.8 Å². The minimum Gasteiger partial charge on any atom is -0.495 e. The molecule has 2 aliphatic rings. The van der Waals surface area contributed by atoms with Gasteiger partial charge in [-0.3, -0.25) is 4.79 Å². The summed E-state index contributed by atoms with van der Waals surface area (Å²) in [4.78, 5) is 14.6. The number of aryl methyl sites for hydroxylation is 2. The zero-order valence-electron chi connectivity index (χ0n) is 15.8. The van der Waals surface area contributed by atoms with Crippen LogP contribution >= 0.6 is 0 Å². The van der Waals surface area contributed by atoms with Crippen molar-refractivity contribution >= 4 is 15.9 Å². The predicted octanol–water partition coefficient (Wildman–Crippen LogP) is 2.34. The van der Waals surface area contributed by atoms with Crippen molar-refractivity contribution in [2.24, 2.45) is 5.92 Å². The van der Waals surface area contributed by atoms with Crippen LogP contribution in [0.5, 0.6) is 5.75 Å². The first-order chi connectivity index (χ1) is 12.3. The number of sulfonamides is 1. The van der Waals surface area contributed by atoms with Crippen LogP contribution in [0, 0.1) is 19.8 Å². The Kier molecular flexibility index (Phi) is 5.58. The number of amides is 1. The fraction of sp³-hybridized carbons (Fsp3) is 0.632. The van der Waals surface area contributed by atoms with Crippen LogP contribution < -0.4 is 4.74 Å². The van der Waals surface area contributed by atoms with Gasteiger partial charge in [0.2, 0.25) is 15.9 Å². The third-order valence-corrected chi connectivity index (χ3v) is 7.57. The van der Waals surface area contributed by atoms with Crippen molar-refractivity contribution in [1.82, 2.24) is 9.21 Å². The van der Waals surface area contributed by atoms with Crippen LogP contribution in [-0.4, -0.2) is 56.8 Å². The van der Waals surface area contributed by atoms with Crippen molar-refractivity contribution in [3.8, 4) is 5.75 Å². The minimum atomic E-state index is -3.64. The largest absolute Gasteiger partial charge is 0.495 e. The van der Waals surface area contributed by atoms with Crippen molar-refractivity contribution in [3.63, 3.8) is 0 Å². The van der Waals surface area contributed by atoms with Crippen molar-refractivity contribution in [3.05, 3.63) is 23.3 Å². The van der Waals surface area contributed by atoms with Crippen LogP contribution in [0.15, 0.2) is 17.0 Å². The quantitative estimate of drug-likeness (QED) is 0.804. The van der Waals surface area contributed by atoms with Crippen LogP contribution in [-0.2, 0) is 14.8 Å². The number of piperazine rings is 1. The maximum atomic E-state index is 13.1. The summed E-state index contributed by atoms with van der Waals surface area (Å²) in [6, 6.07) is 3.45. The molecular formula is C19H28N2O4S. The Labute approximate surface area is 156 Å². The summed E-state index contributed by atoms with van der Waals surface area (Å²) >= 11 is 0. The minimum absolute atomic E-state index is 0.137. The molecule has 3 rings (SSSR count). The molecule has 6 nitrogen and oxygen atoms in total. The third-order valence-electron chi connectivity index (χ3n) is 5.65. The van der Waals surface area contributed by atoms with Gasteiger partial charge in [-0.1, -0.05) is 12.8 Å². The topological polar surface area (TPSA) is 66.9 Å². The van der Waals surface area contributed by atoms with Crippen LogP contribution in [0.25, 0.3) is 0 Å². The number of benzene rings is 1. The molecule has 1 aliphatic heterocycles. The molecule has 1 amide bonds. The van der Waals surface area contributed by atoms with E-state index in [1.807, 2.05) is 18.7 Å². The molecule has 0 aromatic heterocycles. The smallest absolute Gasteiger partial charge is 0.246 e. The summed E-state index contributed by atoms with van der Waals surface area (Å²) in [5.74, 6) is 0.707. The van der Waals surface area contributed by atoms with E-state index in [1.165, 1.54) is 11.4 Å². The van der Waals surface area contributed by atoms with Crippen LogP contribution in [0.1, 0.15) is 36.8 Å². The molecule has 0 radical (unpaired) electrons. The van der Waals surface area contributed by atoms with Gasteiger partial charge < -0.3 is 9.64 Å². The zero-order chi connectivity index (χ0) is 18.9. The number of carbonyl (C=O) groups is 1. The number of ether oxygens (including phenoxy) is 1. The molecule has 1 heterocycles. The molecular weight excluding hydrogens is 352 g/mol. The van der Waals surface area contributed by atoms with Gasteiger partial charge in [0.05, 0.1) is 7.11 Å². The molecule has 1 aromatic rings. The third kappa shape index (κ3) is 3.60. The predicted molar refractivity (Wildman–Crippen MR) is 99.8 cm³/mol. The summed E-state index contributed by atoms with van der Waals surface area (Å²) in [6.07, 6.45) is 4.18. The molecule has 0 N–H and O–H groups in total. The molecule has 0 spiro atoms. The SMILES string of the molecule is COc1cc(C)c(C)cc1S(=O)(=O)N1CCN(C(=O)C2CCCC2)CC1. The van der Waals surface area contributed by atoms with Crippen LogP contribution in [0.2, 0.25) is 0 Å². The second kappa shape index (κ2) is 7.56. The van der Waals surface area contributed by atoms with E-state index in [4.69, 9.17) is 4.74 Å². The average Bonchev–Trinajstić information content (AvgIpc) is 3.17. The highest BCUT2D eigenvalue weighted by molar-refractivity contribution is 7.89. The standard InChI is InChI=1S/C19H28N2O4S/c1-14-12-17(25-3)18(13-15(14)2)26(23,24)21-10-8-20(9-11-21)19(22)16-6-4-5-7-16/h12-13,16H,4-11H2,1-3H3. The lowest BCUT2D eigenvalue weighted by Crippen LogP contribution is -2.51. The summed E-state index contributed by atoms with van der Waals surface area (Å²) in [5, 5.41) is 0. The lowest BCUT2D eigenvalue weighted by molar-refractivity contribution is -0.136. The summed E-state index contributed by atoms with van der Waals surface area (Å²) in [5.41, 5.74) is 1.91.